The molecule has 120 valence electrons. The van der Waals surface area contributed by atoms with Gasteiger partial charge in [-0.15, -0.1) is 0 Å². The van der Waals surface area contributed by atoms with Crippen LogP contribution in [0.2, 0.25) is 0 Å². The quantitative estimate of drug-likeness (QED) is 0.781. The van der Waals surface area contributed by atoms with Gasteiger partial charge in [0.2, 0.25) is 0 Å². The van der Waals surface area contributed by atoms with Crippen LogP contribution in [0.15, 0.2) is 30.6 Å². The fourth-order valence-electron chi connectivity index (χ4n) is 1.90. The zero-order valence-electron chi connectivity index (χ0n) is 12.0. The molecule has 22 heavy (non-hydrogen) atoms. The van der Waals surface area contributed by atoms with Crippen LogP contribution in [0.1, 0.15) is 5.56 Å². The Morgan fingerprint density at radius 3 is 2.86 bits per heavy atom. The van der Waals surface area contributed by atoms with Gasteiger partial charge >= 0.3 is 6.61 Å². The van der Waals surface area contributed by atoms with Crippen LogP contribution < -0.4 is 14.8 Å². The molecule has 0 saturated heterocycles. The normalized spacial score (nSPS) is 10.8. The summed E-state index contributed by atoms with van der Waals surface area (Å²) in [5.74, 6) is 0.243. The Balaban J connectivity index is 2.02. The monoisotopic (exact) mass is 313 g/mol. The number of halogens is 2. The van der Waals surface area contributed by atoms with E-state index in [4.69, 9.17) is 9.84 Å². The molecule has 0 radical (unpaired) electrons. The number of benzene rings is 1. The predicted molar refractivity (Wildman–Crippen MR) is 76.3 cm³/mol. The Morgan fingerprint density at radius 1 is 1.36 bits per heavy atom. The highest BCUT2D eigenvalue weighted by molar-refractivity contribution is 5.45. The molecule has 2 N–H and O–H groups in total. The molecule has 2 aromatic rings. The molecule has 1 aromatic heterocycles. The van der Waals surface area contributed by atoms with E-state index in [0.717, 1.165) is 11.3 Å². The molecule has 0 spiro atoms. The van der Waals surface area contributed by atoms with Crippen molar-refractivity contribution in [1.29, 1.82) is 0 Å². The maximum absolute atomic E-state index is 12.4. The third-order valence-corrected chi connectivity index (χ3v) is 2.90. The van der Waals surface area contributed by atoms with E-state index in [1.807, 2.05) is 0 Å². The van der Waals surface area contributed by atoms with Crippen LogP contribution in [0, 0.1) is 0 Å². The maximum Gasteiger partial charge on any atom is 0.387 e. The molecule has 0 bridgehead atoms. The first-order valence-corrected chi connectivity index (χ1v) is 6.61. The van der Waals surface area contributed by atoms with Gasteiger partial charge in [-0.25, -0.2) is 0 Å². The summed E-state index contributed by atoms with van der Waals surface area (Å²) in [6, 6.07) is 4.82. The number of anilines is 1. The van der Waals surface area contributed by atoms with E-state index < -0.39 is 6.61 Å². The molecule has 1 aromatic carbocycles. The fourth-order valence-corrected chi connectivity index (χ4v) is 1.90. The summed E-state index contributed by atoms with van der Waals surface area (Å²) in [7, 11) is 1.39. The van der Waals surface area contributed by atoms with Gasteiger partial charge in [0.1, 0.15) is 0 Å². The van der Waals surface area contributed by atoms with E-state index in [1.165, 1.54) is 13.2 Å². The number of ether oxygens (including phenoxy) is 2. The molecule has 0 saturated carbocycles. The number of aromatic nitrogens is 2. The minimum absolute atomic E-state index is 0.00669. The second-order valence-electron chi connectivity index (χ2n) is 4.43. The lowest BCUT2D eigenvalue weighted by atomic mass is 10.2. The standard InChI is InChI=1S/C14H17F2N3O3/c1-21-12-3-2-10(6-13(12)22-14(15)16)7-17-11-8-18-19(9-11)4-5-20/h2-3,6,8-9,14,17,20H,4-5,7H2,1H3. The van der Waals surface area contributed by atoms with Crippen molar-refractivity contribution in [2.75, 3.05) is 19.0 Å². The van der Waals surface area contributed by atoms with Crippen LogP contribution in [0.25, 0.3) is 0 Å². The van der Waals surface area contributed by atoms with Gasteiger partial charge < -0.3 is 19.9 Å². The third-order valence-electron chi connectivity index (χ3n) is 2.90. The molecule has 0 amide bonds. The molecule has 0 atom stereocenters. The van der Waals surface area contributed by atoms with Crippen molar-refractivity contribution in [3.05, 3.63) is 36.2 Å². The number of rotatable bonds is 8. The summed E-state index contributed by atoms with van der Waals surface area (Å²) in [5, 5.41) is 16.0. The summed E-state index contributed by atoms with van der Waals surface area (Å²) in [6.07, 6.45) is 3.37. The van der Waals surface area contributed by atoms with Crippen molar-refractivity contribution < 1.29 is 23.4 Å². The lowest BCUT2D eigenvalue weighted by Crippen LogP contribution is -2.05. The molecule has 0 aliphatic rings. The van der Waals surface area contributed by atoms with Crippen molar-refractivity contribution in [2.45, 2.75) is 19.7 Å². The van der Waals surface area contributed by atoms with Crippen molar-refractivity contribution in [3.63, 3.8) is 0 Å². The minimum atomic E-state index is -2.91. The summed E-state index contributed by atoms with van der Waals surface area (Å²) >= 11 is 0. The fraction of sp³-hybridized carbons (Fsp3) is 0.357. The zero-order valence-corrected chi connectivity index (χ0v) is 12.0. The van der Waals surface area contributed by atoms with Gasteiger partial charge in [0.25, 0.3) is 0 Å². The first kappa shape index (κ1) is 16.0. The van der Waals surface area contributed by atoms with Gasteiger partial charge in [-0.05, 0) is 17.7 Å². The van der Waals surface area contributed by atoms with Gasteiger partial charge in [0.15, 0.2) is 11.5 Å². The molecule has 0 unspecified atom stereocenters. The second-order valence-corrected chi connectivity index (χ2v) is 4.43. The zero-order chi connectivity index (χ0) is 15.9. The summed E-state index contributed by atoms with van der Waals surface area (Å²) in [6.45, 7) is -2.08. The Kier molecular flexibility index (Phi) is 5.54. The highest BCUT2D eigenvalue weighted by atomic mass is 19.3. The van der Waals surface area contributed by atoms with Gasteiger partial charge in [-0.1, -0.05) is 6.07 Å². The van der Waals surface area contributed by atoms with Crippen molar-refractivity contribution in [2.24, 2.45) is 0 Å². The van der Waals surface area contributed by atoms with Crippen molar-refractivity contribution in [3.8, 4) is 11.5 Å². The Labute approximate surface area is 126 Å². The third kappa shape index (κ3) is 4.32. The topological polar surface area (TPSA) is 68.5 Å². The number of hydrogen-bond acceptors (Lipinski definition) is 5. The van der Waals surface area contributed by atoms with Crippen molar-refractivity contribution in [1.82, 2.24) is 9.78 Å². The molecule has 0 fully saturated rings. The maximum atomic E-state index is 12.4. The number of nitrogens with one attached hydrogen (secondary N) is 1. The van der Waals surface area contributed by atoms with Crippen LogP contribution in [-0.2, 0) is 13.1 Å². The molecular formula is C14H17F2N3O3. The number of methoxy groups -OCH3 is 1. The Hall–Kier alpha value is -2.35. The molecular weight excluding hydrogens is 296 g/mol. The van der Waals surface area contributed by atoms with Crippen LogP contribution >= 0.6 is 0 Å². The molecule has 8 heteroatoms. The van der Waals surface area contributed by atoms with Gasteiger partial charge in [0.05, 0.1) is 32.1 Å². The Morgan fingerprint density at radius 2 is 2.18 bits per heavy atom. The van der Waals surface area contributed by atoms with Crippen LogP contribution in [-0.4, -0.2) is 35.2 Å². The van der Waals surface area contributed by atoms with Gasteiger partial charge in [-0.2, -0.15) is 13.9 Å². The second kappa shape index (κ2) is 7.60. The molecule has 0 aliphatic heterocycles. The number of nitrogens with zero attached hydrogens (tertiary/aromatic N) is 2. The summed E-state index contributed by atoms with van der Waals surface area (Å²) < 4.78 is 35.8. The van der Waals surface area contributed by atoms with E-state index in [2.05, 4.69) is 15.2 Å². The lowest BCUT2D eigenvalue weighted by Gasteiger charge is -2.12. The highest BCUT2D eigenvalue weighted by Gasteiger charge is 2.11. The van der Waals surface area contributed by atoms with E-state index in [9.17, 15) is 8.78 Å². The van der Waals surface area contributed by atoms with E-state index >= 15 is 0 Å². The number of aliphatic hydroxyl groups is 1. The average molecular weight is 313 g/mol. The molecule has 6 nitrogen and oxygen atoms in total. The SMILES string of the molecule is COc1ccc(CNc2cnn(CCO)c2)cc1OC(F)F. The van der Waals surface area contributed by atoms with Crippen LogP contribution in [0.5, 0.6) is 11.5 Å². The minimum Gasteiger partial charge on any atom is -0.493 e. The number of hydrogen-bond donors (Lipinski definition) is 2. The van der Waals surface area contributed by atoms with Crippen LogP contribution in [0.3, 0.4) is 0 Å². The highest BCUT2D eigenvalue weighted by Crippen LogP contribution is 2.29. The number of alkyl halides is 2. The summed E-state index contributed by atoms with van der Waals surface area (Å²) in [5.41, 5.74) is 1.52. The van der Waals surface area contributed by atoms with E-state index in [1.54, 1.807) is 29.2 Å². The van der Waals surface area contributed by atoms with E-state index in [-0.39, 0.29) is 18.1 Å². The van der Waals surface area contributed by atoms with Gasteiger partial charge in [0, 0.05) is 12.7 Å². The summed E-state index contributed by atoms with van der Waals surface area (Å²) in [4.78, 5) is 0. The van der Waals surface area contributed by atoms with Crippen LogP contribution in [0.4, 0.5) is 14.5 Å². The predicted octanol–water partition coefficient (Wildman–Crippen LogP) is 2.10. The molecule has 1 heterocycles. The average Bonchev–Trinajstić information content (AvgIpc) is 2.93. The first-order valence-electron chi connectivity index (χ1n) is 6.61. The van der Waals surface area contributed by atoms with Crippen molar-refractivity contribution >= 4 is 5.69 Å². The first-order chi connectivity index (χ1) is 10.6. The molecule has 0 aliphatic carbocycles. The number of aliphatic hydroxyl groups excluding tert-OH is 1. The lowest BCUT2D eigenvalue weighted by molar-refractivity contribution is -0.0512. The smallest absolute Gasteiger partial charge is 0.387 e. The largest absolute Gasteiger partial charge is 0.493 e. The Bertz CT molecular complexity index is 605. The van der Waals surface area contributed by atoms with Gasteiger partial charge in [-0.3, -0.25) is 4.68 Å². The molecule has 2 rings (SSSR count). The van der Waals surface area contributed by atoms with E-state index in [0.29, 0.717) is 13.1 Å².